The minimum Gasteiger partial charge on any atom is -0.373 e. The fourth-order valence-electron chi connectivity index (χ4n) is 3.46. The van der Waals surface area contributed by atoms with Gasteiger partial charge in [0.1, 0.15) is 0 Å². The summed E-state index contributed by atoms with van der Waals surface area (Å²) in [7, 11) is -1.46. The number of carbonyl (C=O) groups is 2. The van der Waals surface area contributed by atoms with Gasteiger partial charge in [0, 0.05) is 10.6 Å². The van der Waals surface area contributed by atoms with E-state index in [-0.39, 0.29) is 17.0 Å². The fraction of sp³-hybridized carbons (Fsp3) is 0.400. The van der Waals surface area contributed by atoms with Gasteiger partial charge in [0.2, 0.25) is 11.4 Å². The zero-order chi connectivity index (χ0) is 21.6. The standard InChI is InChI=1S/C20H22F3NO3S2/c1-4-29(5-2)11-12-9-10-28-17(12)16(25)15-13(7-6-8-14(15)29)24-18(26)19(3,27)20(21,22)23/h6-10,27H,4-5,11H2,1-3H3,(H,24,26). The number of anilines is 1. The second-order valence-electron chi connectivity index (χ2n) is 7.07. The third kappa shape index (κ3) is 3.49. The Bertz CT molecular complexity index is 962. The second-order valence-corrected chi connectivity index (χ2v) is 12.0. The molecule has 1 aromatic carbocycles. The molecule has 1 aliphatic rings. The van der Waals surface area contributed by atoms with Crippen molar-refractivity contribution in [1.82, 2.24) is 0 Å². The molecule has 0 spiro atoms. The van der Waals surface area contributed by atoms with Crippen molar-refractivity contribution in [2.45, 2.75) is 43.2 Å². The summed E-state index contributed by atoms with van der Waals surface area (Å²) in [5.74, 6) is 0.405. The molecular formula is C20H22F3NO3S2. The summed E-state index contributed by atoms with van der Waals surface area (Å²) in [5.41, 5.74) is -2.40. The Morgan fingerprint density at radius 2 is 1.90 bits per heavy atom. The van der Waals surface area contributed by atoms with Gasteiger partial charge in [-0.05, 0) is 47.6 Å². The highest BCUT2D eigenvalue weighted by atomic mass is 32.3. The summed E-state index contributed by atoms with van der Waals surface area (Å²) in [4.78, 5) is 27.0. The summed E-state index contributed by atoms with van der Waals surface area (Å²) in [6.45, 7) is 4.49. The van der Waals surface area contributed by atoms with E-state index in [1.807, 2.05) is 31.4 Å². The van der Waals surface area contributed by atoms with Gasteiger partial charge < -0.3 is 10.4 Å². The van der Waals surface area contributed by atoms with Crippen molar-refractivity contribution in [2.24, 2.45) is 0 Å². The van der Waals surface area contributed by atoms with E-state index in [9.17, 15) is 27.9 Å². The molecule has 1 aromatic heterocycles. The lowest BCUT2D eigenvalue weighted by atomic mass is 10.0. The highest BCUT2D eigenvalue weighted by molar-refractivity contribution is 8.33. The van der Waals surface area contributed by atoms with Gasteiger partial charge in [-0.2, -0.15) is 13.2 Å². The second kappa shape index (κ2) is 7.45. The first-order valence-corrected chi connectivity index (χ1v) is 12.1. The monoisotopic (exact) mass is 445 g/mol. The van der Waals surface area contributed by atoms with Crippen molar-refractivity contribution < 1.29 is 27.9 Å². The number of nitrogens with one attached hydrogen (secondary N) is 1. The van der Waals surface area contributed by atoms with E-state index in [0.717, 1.165) is 27.7 Å². The van der Waals surface area contributed by atoms with Crippen LogP contribution in [0.15, 0.2) is 34.5 Å². The Labute approximate surface area is 172 Å². The summed E-state index contributed by atoms with van der Waals surface area (Å²) >= 11 is 1.29. The molecule has 2 N–H and O–H groups in total. The number of amides is 1. The van der Waals surface area contributed by atoms with Crippen LogP contribution in [0.5, 0.6) is 0 Å². The molecule has 1 atom stereocenters. The highest BCUT2D eigenvalue weighted by Gasteiger charge is 2.56. The highest BCUT2D eigenvalue weighted by Crippen LogP contribution is 2.62. The van der Waals surface area contributed by atoms with Crippen molar-refractivity contribution in [3.8, 4) is 0 Å². The first kappa shape index (κ1) is 21.9. The third-order valence-electron chi connectivity index (χ3n) is 5.45. The van der Waals surface area contributed by atoms with E-state index in [1.54, 1.807) is 6.07 Å². The zero-order valence-corrected chi connectivity index (χ0v) is 17.9. The molecule has 1 unspecified atom stereocenters. The lowest BCUT2D eigenvalue weighted by Crippen LogP contribution is -2.52. The molecule has 4 nitrogen and oxygen atoms in total. The molecule has 0 fully saturated rings. The molecule has 9 heteroatoms. The van der Waals surface area contributed by atoms with Gasteiger partial charge in [-0.25, -0.2) is 10.0 Å². The molecule has 0 bridgehead atoms. The Hall–Kier alpha value is -1.84. The van der Waals surface area contributed by atoms with E-state index >= 15 is 0 Å². The molecule has 0 radical (unpaired) electrons. The van der Waals surface area contributed by atoms with Crippen LogP contribution in [0.4, 0.5) is 18.9 Å². The smallest absolute Gasteiger partial charge is 0.373 e. The van der Waals surface area contributed by atoms with Crippen molar-refractivity contribution in [3.63, 3.8) is 0 Å². The van der Waals surface area contributed by atoms with Crippen LogP contribution in [0.3, 0.4) is 0 Å². The molecule has 3 rings (SSSR count). The lowest BCUT2D eigenvalue weighted by molar-refractivity contribution is -0.242. The number of carbonyl (C=O) groups excluding carboxylic acids is 2. The minimum absolute atomic E-state index is 0.00190. The average molecular weight is 446 g/mol. The van der Waals surface area contributed by atoms with Crippen molar-refractivity contribution in [1.29, 1.82) is 0 Å². The largest absolute Gasteiger partial charge is 0.426 e. The van der Waals surface area contributed by atoms with E-state index in [1.165, 1.54) is 17.4 Å². The van der Waals surface area contributed by atoms with Gasteiger partial charge in [0.05, 0.1) is 16.1 Å². The number of fused-ring (bicyclic) bond motifs is 2. The summed E-state index contributed by atoms with van der Waals surface area (Å²) < 4.78 is 39.2. The number of halogens is 3. The maximum absolute atomic E-state index is 13.3. The number of hydrogen-bond donors (Lipinski definition) is 2. The summed E-state index contributed by atoms with van der Waals surface area (Å²) in [5, 5.41) is 13.7. The fourth-order valence-corrected chi connectivity index (χ4v) is 7.85. The van der Waals surface area contributed by atoms with Gasteiger partial charge in [0.15, 0.2) is 0 Å². The van der Waals surface area contributed by atoms with Crippen LogP contribution in [0.25, 0.3) is 0 Å². The number of thiophene rings is 1. The zero-order valence-electron chi connectivity index (χ0n) is 16.2. The average Bonchev–Trinajstić information content (AvgIpc) is 3.09. The maximum atomic E-state index is 13.3. The molecule has 29 heavy (non-hydrogen) atoms. The minimum atomic E-state index is -5.14. The van der Waals surface area contributed by atoms with E-state index in [0.29, 0.717) is 11.8 Å². The lowest BCUT2D eigenvalue weighted by Gasteiger charge is -2.39. The van der Waals surface area contributed by atoms with Crippen LogP contribution in [-0.4, -0.2) is 40.1 Å². The Morgan fingerprint density at radius 3 is 2.48 bits per heavy atom. The SMILES string of the molecule is CCS1(CC)Cc2ccsc2C(=O)c2c(NC(=O)C(C)(O)C(F)(F)F)cccc21. The molecule has 2 heterocycles. The number of ketones is 1. The third-order valence-corrected chi connectivity index (χ3v) is 10.8. The van der Waals surface area contributed by atoms with Gasteiger partial charge in [-0.3, -0.25) is 9.59 Å². The first-order valence-electron chi connectivity index (χ1n) is 9.09. The molecule has 0 saturated heterocycles. The molecule has 1 amide bonds. The van der Waals surface area contributed by atoms with Crippen LogP contribution < -0.4 is 5.32 Å². The van der Waals surface area contributed by atoms with Crippen LogP contribution in [0, 0.1) is 0 Å². The van der Waals surface area contributed by atoms with E-state index in [4.69, 9.17) is 0 Å². The van der Waals surface area contributed by atoms with Crippen molar-refractivity contribution in [3.05, 3.63) is 45.6 Å². The first-order chi connectivity index (χ1) is 13.5. The van der Waals surface area contributed by atoms with Gasteiger partial charge in [-0.15, -0.1) is 11.3 Å². The Morgan fingerprint density at radius 1 is 1.24 bits per heavy atom. The molecule has 2 aromatic rings. The number of hydrogen-bond acceptors (Lipinski definition) is 4. The molecule has 158 valence electrons. The Balaban J connectivity index is 2.18. The number of benzene rings is 1. The number of aliphatic hydroxyl groups is 1. The summed E-state index contributed by atoms with van der Waals surface area (Å²) in [6, 6.07) is 6.80. The predicted molar refractivity (Wildman–Crippen MR) is 110 cm³/mol. The normalized spacial score (nSPS) is 18.8. The topological polar surface area (TPSA) is 66.4 Å². The van der Waals surface area contributed by atoms with E-state index in [2.05, 4.69) is 5.32 Å². The van der Waals surface area contributed by atoms with E-state index < -0.39 is 27.7 Å². The Kier molecular flexibility index (Phi) is 5.61. The van der Waals surface area contributed by atoms with Crippen LogP contribution >= 0.6 is 21.4 Å². The van der Waals surface area contributed by atoms with Gasteiger partial charge >= 0.3 is 6.18 Å². The maximum Gasteiger partial charge on any atom is 0.426 e. The van der Waals surface area contributed by atoms with Crippen LogP contribution in [0.2, 0.25) is 0 Å². The summed E-state index contributed by atoms with van der Waals surface area (Å²) in [6.07, 6.45) is -5.14. The molecule has 0 aliphatic carbocycles. The van der Waals surface area contributed by atoms with Gasteiger partial charge in [0.25, 0.3) is 5.91 Å². The van der Waals surface area contributed by atoms with Crippen LogP contribution in [0.1, 0.15) is 41.6 Å². The molecule has 1 aliphatic heterocycles. The quantitative estimate of drug-likeness (QED) is 0.700. The number of alkyl halides is 3. The molecule has 0 saturated carbocycles. The molecular weight excluding hydrogens is 423 g/mol. The van der Waals surface area contributed by atoms with Gasteiger partial charge in [-0.1, -0.05) is 19.9 Å². The van der Waals surface area contributed by atoms with Crippen molar-refractivity contribution in [2.75, 3.05) is 16.8 Å². The number of rotatable bonds is 4. The van der Waals surface area contributed by atoms with Crippen LogP contribution in [-0.2, 0) is 10.5 Å². The van der Waals surface area contributed by atoms with Crippen molar-refractivity contribution >= 4 is 38.7 Å². The predicted octanol–water partition coefficient (Wildman–Crippen LogP) is 4.95.